The minimum atomic E-state index is -2.36. The highest BCUT2D eigenvalue weighted by atomic mass is 19.2. The molecule has 0 radical (unpaired) electrons. The third kappa shape index (κ3) is 5.70. The number of anilines is 1. The molecule has 0 aromatic heterocycles. The van der Waals surface area contributed by atoms with Crippen molar-refractivity contribution >= 4 is 23.5 Å². The fourth-order valence-corrected chi connectivity index (χ4v) is 6.61. The van der Waals surface area contributed by atoms with Gasteiger partial charge >= 0.3 is 5.97 Å². The summed E-state index contributed by atoms with van der Waals surface area (Å²) >= 11 is 0. The van der Waals surface area contributed by atoms with E-state index in [1.54, 1.807) is 0 Å². The first-order valence-electron chi connectivity index (χ1n) is 13.8. The summed E-state index contributed by atoms with van der Waals surface area (Å²) in [4.78, 5) is 37.9. The van der Waals surface area contributed by atoms with E-state index in [1.165, 1.54) is 7.11 Å². The van der Waals surface area contributed by atoms with Crippen LogP contribution in [0.25, 0.3) is 0 Å². The fourth-order valence-electron chi connectivity index (χ4n) is 6.61. The van der Waals surface area contributed by atoms with Gasteiger partial charge in [0.2, 0.25) is 11.7 Å². The maximum Gasteiger partial charge on any atom is 0.306 e. The minimum Gasteiger partial charge on any atom is -0.496 e. The van der Waals surface area contributed by atoms with Crippen molar-refractivity contribution in [1.29, 1.82) is 0 Å². The number of amides is 2. The molecule has 0 saturated heterocycles. The normalized spacial score (nSPS) is 26.2. The molecule has 2 amide bonds. The van der Waals surface area contributed by atoms with Crippen LogP contribution in [0.2, 0.25) is 0 Å². The molecule has 4 atom stereocenters. The van der Waals surface area contributed by atoms with Crippen LogP contribution in [-0.4, -0.2) is 42.1 Å². The van der Waals surface area contributed by atoms with Gasteiger partial charge in [-0.05, 0) is 62.8 Å². The predicted molar refractivity (Wildman–Crippen MR) is 137 cm³/mol. The average molecular weight is 615 g/mol. The van der Waals surface area contributed by atoms with Crippen molar-refractivity contribution in [1.82, 2.24) is 5.32 Å². The summed E-state index contributed by atoms with van der Waals surface area (Å²) in [6, 6.07) is 1.24. The molecule has 3 saturated carbocycles. The molecule has 0 spiro atoms. The van der Waals surface area contributed by atoms with E-state index in [4.69, 9.17) is 9.47 Å². The largest absolute Gasteiger partial charge is 0.496 e. The Labute approximate surface area is 241 Å². The van der Waals surface area contributed by atoms with Crippen molar-refractivity contribution in [2.24, 2.45) is 23.7 Å². The minimum absolute atomic E-state index is 0.125. The van der Waals surface area contributed by atoms with E-state index in [-0.39, 0.29) is 28.9 Å². The van der Waals surface area contributed by atoms with Gasteiger partial charge in [-0.25, -0.2) is 26.3 Å². The number of ether oxygens (including phenoxy) is 2. The van der Waals surface area contributed by atoms with E-state index in [2.05, 4.69) is 5.32 Å². The lowest BCUT2D eigenvalue weighted by molar-refractivity contribution is -0.143. The maximum absolute atomic E-state index is 14.9. The molecule has 3 N–H and O–H groups in total. The molecule has 2 aromatic rings. The maximum atomic E-state index is 14.9. The summed E-state index contributed by atoms with van der Waals surface area (Å²) in [7, 11) is 1.22. The van der Waals surface area contributed by atoms with Crippen LogP contribution in [-0.2, 0) is 9.59 Å². The summed E-state index contributed by atoms with van der Waals surface area (Å²) in [5.74, 6) is -17.1. The number of hydrogen-bond donors (Lipinski definition) is 3. The number of methoxy groups -OCH3 is 1. The van der Waals surface area contributed by atoms with Gasteiger partial charge in [0.15, 0.2) is 34.8 Å². The molecule has 4 unspecified atom stereocenters. The smallest absolute Gasteiger partial charge is 0.306 e. The van der Waals surface area contributed by atoms with Gasteiger partial charge in [0.25, 0.3) is 5.91 Å². The second-order valence-electron chi connectivity index (χ2n) is 11.2. The van der Waals surface area contributed by atoms with E-state index >= 15 is 0 Å². The number of carbonyl (C=O) groups excluding carboxylic acids is 2. The number of carboxylic acid groups (broad SMARTS) is 1. The Hall–Kier alpha value is -3.97. The van der Waals surface area contributed by atoms with Crippen LogP contribution < -0.4 is 20.1 Å². The number of halogens is 6. The summed E-state index contributed by atoms with van der Waals surface area (Å²) < 4.78 is 95.2. The van der Waals surface area contributed by atoms with Crippen molar-refractivity contribution in [2.45, 2.75) is 57.1 Å². The third-order valence-electron chi connectivity index (χ3n) is 8.79. The van der Waals surface area contributed by atoms with Gasteiger partial charge in [-0.1, -0.05) is 0 Å². The first-order valence-corrected chi connectivity index (χ1v) is 13.8. The van der Waals surface area contributed by atoms with E-state index in [0.29, 0.717) is 44.9 Å². The zero-order valence-electron chi connectivity index (χ0n) is 22.8. The van der Waals surface area contributed by atoms with Crippen LogP contribution >= 0.6 is 0 Å². The quantitative estimate of drug-likeness (QED) is 0.210. The molecular weight excluding hydrogens is 586 g/mol. The van der Waals surface area contributed by atoms with E-state index in [9.17, 15) is 45.8 Å². The van der Waals surface area contributed by atoms with Crippen LogP contribution in [0.4, 0.5) is 32.0 Å². The van der Waals surface area contributed by atoms with E-state index < -0.39 is 82.4 Å². The van der Waals surface area contributed by atoms with Gasteiger partial charge in [0.1, 0.15) is 11.4 Å². The second-order valence-corrected chi connectivity index (χ2v) is 11.2. The van der Waals surface area contributed by atoms with Crippen LogP contribution in [0.15, 0.2) is 12.1 Å². The van der Waals surface area contributed by atoms with Gasteiger partial charge in [-0.15, -0.1) is 0 Å². The predicted octanol–water partition coefficient (Wildman–Crippen LogP) is 5.34. The number of nitrogens with one attached hydrogen (secondary N) is 2. The van der Waals surface area contributed by atoms with Crippen molar-refractivity contribution < 1.29 is 55.3 Å². The number of aliphatic carboxylic acids is 1. The Kier molecular flexibility index (Phi) is 8.48. The Morgan fingerprint density at radius 3 is 2.02 bits per heavy atom. The van der Waals surface area contributed by atoms with Crippen molar-refractivity contribution in [3.05, 3.63) is 52.6 Å². The van der Waals surface area contributed by atoms with Crippen LogP contribution in [0.5, 0.6) is 11.5 Å². The SMILES string of the molecule is COc1cc(F)c(OC2CCC(C(=O)O)CC2)cc1C(=O)NC1C2CCC(C2)C1C(=O)Nc1c(F)c(F)c(F)c(F)c1F. The van der Waals surface area contributed by atoms with Crippen molar-refractivity contribution in [2.75, 3.05) is 12.4 Å². The average Bonchev–Trinajstić information content (AvgIpc) is 3.60. The van der Waals surface area contributed by atoms with Gasteiger partial charge < -0.3 is 25.2 Å². The molecule has 2 aromatic carbocycles. The number of fused-ring (bicyclic) bond motifs is 2. The molecule has 8 nitrogen and oxygen atoms in total. The molecule has 43 heavy (non-hydrogen) atoms. The highest BCUT2D eigenvalue weighted by Gasteiger charge is 2.52. The summed E-state index contributed by atoms with van der Waals surface area (Å²) in [5.41, 5.74) is -1.60. The lowest BCUT2D eigenvalue weighted by Crippen LogP contribution is -2.48. The molecule has 0 heterocycles. The fraction of sp³-hybridized carbons (Fsp3) is 0.483. The topological polar surface area (TPSA) is 114 Å². The first kappa shape index (κ1) is 30.5. The van der Waals surface area contributed by atoms with Crippen LogP contribution in [0.3, 0.4) is 0 Å². The second kappa shape index (κ2) is 12.0. The van der Waals surface area contributed by atoms with Gasteiger partial charge in [0.05, 0.1) is 30.6 Å². The van der Waals surface area contributed by atoms with Crippen LogP contribution in [0.1, 0.15) is 55.3 Å². The highest BCUT2D eigenvalue weighted by Crippen LogP contribution is 2.49. The first-order chi connectivity index (χ1) is 20.4. The Morgan fingerprint density at radius 1 is 0.814 bits per heavy atom. The molecule has 5 rings (SSSR count). The molecular formula is C29H28F6N2O6. The molecule has 2 bridgehead atoms. The number of benzene rings is 2. The molecule has 14 heteroatoms. The third-order valence-corrected chi connectivity index (χ3v) is 8.79. The van der Waals surface area contributed by atoms with Crippen molar-refractivity contribution in [3.8, 4) is 11.5 Å². The molecule has 232 valence electrons. The van der Waals surface area contributed by atoms with Gasteiger partial charge in [0, 0.05) is 12.1 Å². The van der Waals surface area contributed by atoms with Crippen LogP contribution in [0, 0.1) is 58.6 Å². The molecule has 3 aliphatic carbocycles. The Morgan fingerprint density at radius 2 is 1.42 bits per heavy atom. The standard InChI is InChI=1S/C29H28F6N2O6/c1-42-17-10-16(30)18(43-14-6-4-11(5-7-14)29(40)41)9-15(17)27(38)36-25-13-3-2-12(8-13)19(25)28(39)37-26-23(34)21(32)20(31)22(33)24(26)35/h9-14,19,25H,2-8H2,1H3,(H,36,38)(H,37,39)(H,40,41). The summed E-state index contributed by atoms with van der Waals surface area (Å²) in [5, 5.41) is 13.8. The summed E-state index contributed by atoms with van der Waals surface area (Å²) in [6.45, 7) is 0. The van der Waals surface area contributed by atoms with Gasteiger partial charge in [-0.3, -0.25) is 14.4 Å². The molecule has 3 aliphatic rings. The zero-order chi connectivity index (χ0) is 31.2. The molecule has 0 aliphatic heterocycles. The monoisotopic (exact) mass is 614 g/mol. The summed E-state index contributed by atoms with van der Waals surface area (Å²) in [6.07, 6.45) is 2.62. The Bertz CT molecular complexity index is 1430. The number of rotatable bonds is 8. The highest BCUT2D eigenvalue weighted by molar-refractivity contribution is 5.99. The molecule has 3 fully saturated rings. The number of carboxylic acids is 1. The Balaban J connectivity index is 1.35. The zero-order valence-corrected chi connectivity index (χ0v) is 22.8. The van der Waals surface area contributed by atoms with Crippen molar-refractivity contribution in [3.63, 3.8) is 0 Å². The van der Waals surface area contributed by atoms with E-state index in [0.717, 1.165) is 12.1 Å². The lowest BCUT2D eigenvalue weighted by atomic mass is 9.83. The number of hydrogen-bond acceptors (Lipinski definition) is 5. The lowest BCUT2D eigenvalue weighted by Gasteiger charge is -2.31. The number of carbonyl (C=O) groups is 3. The van der Waals surface area contributed by atoms with Gasteiger partial charge in [-0.2, -0.15) is 0 Å². The van der Waals surface area contributed by atoms with E-state index in [1.807, 2.05) is 5.32 Å².